The Morgan fingerprint density at radius 1 is 1.32 bits per heavy atom. The Morgan fingerprint density at radius 3 is 2.56 bits per heavy atom. The molecule has 3 aliphatic rings. The number of hydrogen-bond acceptors (Lipinski definition) is 9. The van der Waals surface area contributed by atoms with Crippen molar-refractivity contribution in [3.8, 4) is 0 Å². The van der Waals surface area contributed by atoms with Crippen molar-refractivity contribution in [1.29, 1.82) is 0 Å². The predicted octanol–water partition coefficient (Wildman–Crippen LogP) is -0.00910. The molecular formula is C15H22N4O6. The van der Waals surface area contributed by atoms with E-state index >= 15 is 0 Å². The first-order valence-electron chi connectivity index (χ1n) is 8.23. The lowest BCUT2D eigenvalue weighted by atomic mass is 9.69. The van der Waals surface area contributed by atoms with Gasteiger partial charge in [-0.25, -0.2) is 9.98 Å². The van der Waals surface area contributed by atoms with E-state index in [-0.39, 0.29) is 59.8 Å². The highest BCUT2D eigenvalue weighted by atomic mass is 16.6. The van der Waals surface area contributed by atoms with Crippen molar-refractivity contribution in [3.05, 3.63) is 10.1 Å². The second-order valence-electron chi connectivity index (χ2n) is 6.55. The number of hydrogen-bond donors (Lipinski definition) is 1. The van der Waals surface area contributed by atoms with Gasteiger partial charge < -0.3 is 14.2 Å². The van der Waals surface area contributed by atoms with Gasteiger partial charge in [0.15, 0.2) is 0 Å². The van der Waals surface area contributed by atoms with Crippen molar-refractivity contribution in [3.63, 3.8) is 0 Å². The maximum atomic E-state index is 11.8. The molecule has 0 aromatic carbocycles. The lowest BCUT2D eigenvalue weighted by Crippen LogP contribution is -2.53. The number of esters is 1. The summed E-state index contributed by atoms with van der Waals surface area (Å²) in [4.78, 5) is 32.2. The summed E-state index contributed by atoms with van der Waals surface area (Å²) in [6.45, 7) is 2.00. The van der Waals surface area contributed by atoms with Gasteiger partial charge in [0.25, 0.3) is 11.8 Å². The summed E-state index contributed by atoms with van der Waals surface area (Å²) in [5.74, 6) is -0.267. The third-order valence-electron chi connectivity index (χ3n) is 5.32. The fourth-order valence-electron chi connectivity index (χ4n) is 3.95. The number of methoxy groups -OCH3 is 2. The van der Waals surface area contributed by atoms with Crippen LogP contribution in [0.4, 0.5) is 0 Å². The zero-order valence-corrected chi connectivity index (χ0v) is 14.4. The number of ether oxygens (including phenoxy) is 3. The molecule has 1 saturated carbocycles. The molecule has 0 aromatic heterocycles. The van der Waals surface area contributed by atoms with E-state index in [2.05, 4.69) is 15.3 Å². The molecule has 6 atom stereocenters. The lowest BCUT2D eigenvalue weighted by Gasteiger charge is -2.41. The first kappa shape index (κ1) is 17.6. The third-order valence-corrected chi connectivity index (χ3v) is 5.32. The van der Waals surface area contributed by atoms with Crippen LogP contribution in [0.1, 0.15) is 19.8 Å². The van der Waals surface area contributed by atoms with Crippen molar-refractivity contribution in [2.24, 2.45) is 21.8 Å². The van der Waals surface area contributed by atoms with Crippen molar-refractivity contribution < 1.29 is 23.9 Å². The van der Waals surface area contributed by atoms with E-state index < -0.39 is 12.1 Å². The Bertz CT molecular complexity index is 621. The van der Waals surface area contributed by atoms with Gasteiger partial charge in [0.1, 0.15) is 12.8 Å². The molecule has 0 radical (unpaired) electrons. The Hall–Kier alpha value is -2.23. The maximum absolute atomic E-state index is 11.8. The van der Waals surface area contributed by atoms with Crippen LogP contribution < -0.4 is 5.32 Å². The van der Waals surface area contributed by atoms with Crippen molar-refractivity contribution >= 4 is 17.8 Å². The van der Waals surface area contributed by atoms with Gasteiger partial charge in [-0.15, -0.1) is 0 Å². The number of carbonyl (C=O) groups is 1. The Kier molecular flexibility index (Phi) is 4.89. The maximum Gasteiger partial charge on any atom is 0.324 e. The van der Waals surface area contributed by atoms with Gasteiger partial charge in [-0.1, -0.05) is 6.92 Å². The van der Waals surface area contributed by atoms with Gasteiger partial charge in [-0.3, -0.25) is 20.2 Å². The predicted molar refractivity (Wildman–Crippen MR) is 87.0 cm³/mol. The molecule has 2 aliphatic heterocycles. The van der Waals surface area contributed by atoms with Gasteiger partial charge in [0.2, 0.25) is 6.04 Å². The minimum Gasteiger partial charge on any atom is -0.477 e. The van der Waals surface area contributed by atoms with Crippen molar-refractivity contribution in [2.75, 3.05) is 21.0 Å². The monoisotopic (exact) mass is 354 g/mol. The first-order valence-corrected chi connectivity index (χ1v) is 8.23. The second-order valence-corrected chi connectivity index (χ2v) is 6.55. The zero-order chi connectivity index (χ0) is 18.1. The molecule has 2 heterocycles. The quantitative estimate of drug-likeness (QED) is 0.429. The lowest BCUT2D eigenvalue weighted by molar-refractivity contribution is -0.538. The van der Waals surface area contributed by atoms with E-state index in [9.17, 15) is 14.9 Å². The van der Waals surface area contributed by atoms with Crippen LogP contribution in [-0.4, -0.2) is 67.8 Å². The van der Waals surface area contributed by atoms with E-state index in [0.29, 0.717) is 6.42 Å². The molecular weight excluding hydrogens is 332 g/mol. The van der Waals surface area contributed by atoms with Gasteiger partial charge >= 0.3 is 5.97 Å². The van der Waals surface area contributed by atoms with Crippen LogP contribution in [0.25, 0.3) is 0 Å². The number of aliphatic imine (C=N–C) groups is 2. The highest BCUT2D eigenvalue weighted by Gasteiger charge is 2.51. The number of nitrogens with one attached hydrogen (secondary N) is 1. The number of nitrogens with zero attached hydrogens (tertiary/aromatic N) is 3. The molecule has 0 bridgehead atoms. The van der Waals surface area contributed by atoms with Crippen LogP contribution in [0, 0.1) is 22.0 Å². The minimum absolute atomic E-state index is 0.163. The summed E-state index contributed by atoms with van der Waals surface area (Å²) in [5.41, 5.74) is 0. The number of fused-ring (bicyclic) bond motifs is 1. The van der Waals surface area contributed by atoms with Gasteiger partial charge in [-0.05, 0) is 12.3 Å². The SMILES string of the molecule is COC1=NC2CC([N+](=O)[O-])C(C)C(CC3NCOC3=O)C2N=C1OC. The number of rotatable bonds is 3. The molecule has 1 N–H and O–H groups in total. The minimum atomic E-state index is -0.746. The number of cyclic esters (lactones) is 1. The Labute approximate surface area is 144 Å². The van der Waals surface area contributed by atoms with E-state index in [1.807, 2.05) is 6.92 Å². The fourth-order valence-corrected chi connectivity index (χ4v) is 3.95. The average molecular weight is 354 g/mol. The summed E-state index contributed by atoms with van der Waals surface area (Å²) < 4.78 is 15.4. The number of carbonyl (C=O) groups excluding carboxylic acids is 1. The largest absolute Gasteiger partial charge is 0.477 e. The summed E-state index contributed by atoms with van der Waals surface area (Å²) in [7, 11) is 2.94. The molecule has 6 unspecified atom stereocenters. The smallest absolute Gasteiger partial charge is 0.324 e. The van der Waals surface area contributed by atoms with E-state index in [1.54, 1.807) is 0 Å². The topological polar surface area (TPSA) is 125 Å². The Morgan fingerprint density at radius 2 is 2.00 bits per heavy atom. The van der Waals surface area contributed by atoms with E-state index in [1.165, 1.54) is 14.2 Å². The zero-order valence-electron chi connectivity index (χ0n) is 14.4. The Balaban J connectivity index is 1.91. The van der Waals surface area contributed by atoms with Crippen LogP contribution in [0.3, 0.4) is 0 Å². The summed E-state index contributed by atoms with van der Waals surface area (Å²) in [6.07, 6.45) is 0.690. The third kappa shape index (κ3) is 3.17. The second kappa shape index (κ2) is 6.95. The van der Waals surface area contributed by atoms with Crippen LogP contribution >= 0.6 is 0 Å². The van der Waals surface area contributed by atoms with Crippen LogP contribution in [0.15, 0.2) is 9.98 Å². The highest BCUT2D eigenvalue weighted by molar-refractivity contribution is 6.35. The number of nitro groups is 1. The summed E-state index contributed by atoms with van der Waals surface area (Å²) >= 11 is 0. The molecule has 1 saturated heterocycles. The molecule has 138 valence electrons. The molecule has 1 aliphatic carbocycles. The van der Waals surface area contributed by atoms with Crippen molar-refractivity contribution in [2.45, 2.75) is 43.9 Å². The van der Waals surface area contributed by atoms with Gasteiger partial charge in [-0.2, -0.15) is 0 Å². The molecule has 0 amide bonds. The van der Waals surface area contributed by atoms with Crippen LogP contribution in [0.5, 0.6) is 0 Å². The molecule has 2 fully saturated rings. The van der Waals surface area contributed by atoms with Crippen LogP contribution in [0.2, 0.25) is 0 Å². The molecule has 10 heteroatoms. The highest BCUT2D eigenvalue weighted by Crippen LogP contribution is 2.40. The standard InChI is InChI=1S/C15H22N4O6/c1-7-8(4-10-15(20)25-6-16-10)12-9(5-11(7)19(21)22)17-13(23-2)14(18-12)24-3/h7-12,16H,4-6H2,1-3H3. The summed E-state index contributed by atoms with van der Waals surface area (Å²) in [6, 6.07) is -1.89. The molecule has 0 aromatic rings. The van der Waals surface area contributed by atoms with Crippen LogP contribution in [-0.2, 0) is 19.0 Å². The summed E-state index contributed by atoms with van der Waals surface area (Å²) in [5, 5.41) is 14.5. The van der Waals surface area contributed by atoms with E-state index in [0.717, 1.165) is 0 Å². The normalized spacial score (nSPS) is 37.5. The first-order chi connectivity index (χ1) is 12.0. The van der Waals surface area contributed by atoms with Gasteiger partial charge in [0.05, 0.1) is 26.3 Å². The molecule has 0 spiro atoms. The fraction of sp³-hybridized carbons (Fsp3) is 0.800. The molecule has 25 heavy (non-hydrogen) atoms. The van der Waals surface area contributed by atoms with Crippen molar-refractivity contribution in [1.82, 2.24) is 5.32 Å². The average Bonchev–Trinajstić information content (AvgIpc) is 3.00. The van der Waals surface area contributed by atoms with E-state index in [4.69, 9.17) is 14.2 Å². The molecule has 3 rings (SSSR count). The van der Waals surface area contributed by atoms with Gasteiger partial charge in [0, 0.05) is 17.3 Å². The molecule has 10 nitrogen and oxygen atoms in total.